The van der Waals surface area contributed by atoms with Crippen LogP contribution in [-0.2, 0) is 16.0 Å². The monoisotopic (exact) mass is 384 g/mol. The maximum absolute atomic E-state index is 13.0. The Balaban J connectivity index is 1.56. The molecule has 0 radical (unpaired) electrons. The maximum atomic E-state index is 13.0. The van der Waals surface area contributed by atoms with Gasteiger partial charge in [-0.3, -0.25) is 9.59 Å². The van der Waals surface area contributed by atoms with Crippen molar-refractivity contribution in [2.24, 2.45) is 5.92 Å². The minimum Gasteiger partial charge on any atom is -0.312 e. The van der Waals surface area contributed by atoms with E-state index in [9.17, 15) is 9.59 Å². The first kappa shape index (κ1) is 15.4. The van der Waals surface area contributed by atoms with Gasteiger partial charge in [-0.25, -0.2) is 0 Å². The lowest BCUT2D eigenvalue weighted by atomic mass is 10.1. The molecule has 0 bridgehead atoms. The number of anilines is 2. The highest BCUT2D eigenvalue weighted by Gasteiger charge is 2.39. The van der Waals surface area contributed by atoms with Crippen molar-refractivity contribution in [3.05, 3.63) is 58.6 Å². The van der Waals surface area contributed by atoms with E-state index >= 15 is 0 Å². The summed E-state index contributed by atoms with van der Waals surface area (Å²) >= 11 is 3.49. The van der Waals surface area contributed by atoms with Crippen molar-refractivity contribution in [1.29, 1.82) is 0 Å². The molecule has 1 unspecified atom stereocenters. The molecule has 4 rings (SSSR count). The van der Waals surface area contributed by atoms with Crippen LogP contribution in [0.3, 0.4) is 0 Å². The fourth-order valence-corrected chi connectivity index (χ4v) is 4.06. The molecule has 0 N–H and O–H groups in total. The fraction of sp³-hybridized carbons (Fsp3) is 0.263. The number of hydrogen-bond acceptors (Lipinski definition) is 2. The zero-order valence-electron chi connectivity index (χ0n) is 13.1. The predicted molar refractivity (Wildman–Crippen MR) is 97.1 cm³/mol. The number of para-hydroxylation sites is 2. The molecule has 5 heteroatoms. The first-order chi connectivity index (χ1) is 11.6. The highest BCUT2D eigenvalue weighted by molar-refractivity contribution is 9.10. The summed E-state index contributed by atoms with van der Waals surface area (Å²) in [7, 11) is 0. The van der Waals surface area contributed by atoms with Gasteiger partial charge >= 0.3 is 0 Å². The Kier molecular flexibility index (Phi) is 3.88. The Morgan fingerprint density at radius 3 is 2.54 bits per heavy atom. The standard InChI is InChI=1S/C19H17BrN2O2/c20-15-6-2-4-8-17(15)22-12-14(11-18(22)23)19(24)21-10-9-13-5-1-3-7-16(13)21/h1-8,14H,9-12H2. The van der Waals surface area contributed by atoms with E-state index in [1.54, 1.807) is 4.90 Å². The Bertz CT molecular complexity index is 821. The van der Waals surface area contributed by atoms with Gasteiger partial charge in [-0.1, -0.05) is 30.3 Å². The molecule has 4 nitrogen and oxygen atoms in total. The third kappa shape index (κ3) is 2.53. The molecule has 2 heterocycles. The second-order valence-electron chi connectivity index (χ2n) is 6.23. The highest BCUT2D eigenvalue weighted by Crippen LogP contribution is 2.34. The molecule has 0 aliphatic carbocycles. The van der Waals surface area contributed by atoms with Crippen LogP contribution >= 0.6 is 15.9 Å². The van der Waals surface area contributed by atoms with Gasteiger partial charge in [0.05, 0.1) is 11.6 Å². The summed E-state index contributed by atoms with van der Waals surface area (Å²) in [6.07, 6.45) is 1.16. The van der Waals surface area contributed by atoms with Gasteiger partial charge < -0.3 is 9.80 Å². The first-order valence-corrected chi connectivity index (χ1v) is 8.88. The number of halogens is 1. The molecule has 2 aromatic rings. The number of benzene rings is 2. The molecule has 0 spiro atoms. The van der Waals surface area contributed by atoms with Crippen molar-refractivity contribution in [3.8, 4) is 0 Å². The average Bonchev–Trinajstić information content (AvgIpc) is 3.18. The van der Waals surface area contributed by atoms with E-state index in [2.05, 4.69) is 22.0 Å². The molecule has 2 aliphatic heterocycles. The second-order valence-corrected chi connectivity index (χ2v) is 7.08. The molecule has 122 valence electrons. The minimum atomic E-state index is -0.282. The normalized spacial score (nSPS) is 19.7. The molecule has 0 aromatic heterocycles. The van der Waals surface area contributed by atoms with Crippen LogP contribution < -0.4 is 9.80 Å². The molecule has 0 saturated carbocycles. The Morgan fingerprint density at radius 2 is 1.75 bits per heavy atom. The molecule has 2 aromatic carbocycles. The summed E-state index contributed by atoms with van der Waals surface area (Å²) < 4.78 is 0.873. The van der Waals surface area contributed by atoms with Crippen LogP contribution in [0.2, 0.25) is 0 Å². The van der Waals surface area contributed by atoms with Gasteiger partial charge in [0.1, 0.15) is 0 Å². The number of amides is 2. The molecule has 24 heavy (non-hydrogen) atoms. The number of rotatable bonds is 2. The number of fused-ring (bicyclic) bond motifs is 1. The number of hydrogen-bond donors (Lipinski definition) is 0. The van der Waals surface area contributed by atoms with Crippen LogP contribution in [0.4, 0.5) is 11.4 Å². The number of carbonyl (C=O) groups is 2. The van der Waals surface area contributed by atoms with Gasteiger partial charge in [-0.15, -0.1) is 0 Å². The van der Waals surface area contributed by atoms with Crippen LogP contribution in [0.15, 0.2) is 53.0 Å². The number of carbonyl (C=O) groups excluding carboxylic acids is 2. The summed E-state index contributed by atoms with van der Waals surface area (Å²) in [5, 5.41) is 0. The first-order valence-electron chi connectivity index (χ1n) is 8.09. The lowest BCUT2D eigenvalue weighted by Gasteiger charge is -2.22. The topological polar surface area (TPSA) is 40.6 Å². The number of nitrogens with zero attached hydrogens (tertiary/aromatic N) is 2. The molecule has 2 amide bonds. The maximum Gasteiger partial charge on any atom is 0.232 e. The summed E-state index contributed by atoms with van der Waals surface area (Å²) in [6.45, 7) is 1.15. The SMILES string of the molecule is O=C1CC(C(=O)N2CCc3ccccc32)CN1c1ccccc1Br. The van der Waals surface area contributed by atoms with E-state index in [1.807, 2.05) is 47.4 Å². The zero-order chi connectivity index (χ0) is 16.7. The molecule has 1 fully saturated rings. The van der Waals surface area contributed by atoms with Crippen LogP contribution in [0.25, 0.3) is 0 Å². The van der Waals surface area contributed by atoms with Crippen molar-refractivity contribution in [3.63, 3.8) is 0 Å². The van der Waals surface area contributed by atoms with E-state index in [0.717, 1.165) is 22.3 Å². The zero-order valence-corrected chi connectivity index (χ0v) is 14.7. The van der Waals surface area contributed by atoms with Crippen molar-refractivity contribution in [2.75, 3.05) is 22.9 Å². The fourth-order valence-electron chi connectivity index (χ4n) is 3.56. The van der Waals surface area contributed by atoms with E-state index in [4.69, 9.17) is 0 Å². The second kappa shape index (κ2) is 6.06. The smallest absolute Gasteiger partial charge is 0.232 e. The summed E-state index contributed by atoms with van der Waals surface area (Å²) in [5.74, 6) is -0.216. The van der Waals surface area contributed by atoms with Gasteiger partial charge in [0.2, 0.25) is 11.8 Å². The largest absolute Gasteiger partial charge is 0.312 e. The van der Waals surface area contributed by atoms with Crippen molar-refractivity contribution in [1.82, 2.24) is 0 Å². The highest BCUT2D eigenvalue weighted by atomic mass is 79.9. The average molecular weight is 385 g/mol. The van der Waals surface area contributed by atoms with E-state index < -0.39 is 0 Å². The van der Waals surface area contributed by atoms with Crippen LogP contribution in [-0.4, -0.2) is 24.9 Å². The summed E-state index contributed by atoms with van der Waals surface area (Å²) in [5.41, 5.74) is 3.03. The summed E-state index contributed by atoms with van der Waals surface area (Å²) in [4.78, 5) is 29.0. The minimum absolute atomic E-state index is 0.00716. The molecular weight excluding hydrogens is 368 g/mol. The summed E-state index contributed by atoms with van der Waals surface area (Å²) in [6, 6.07) is 15.6. The third-order valence-electron chi connectivity index (χ3n) is 4.77. The van der Waals surface area contributed by atoms with E-state index in [1.165, 1.54) is 5.56 Å². The Hall–Kier alpha value is -2.14. The van der Waals surface area contributed by atoms with Crippen LogP contribution in [0.1, 0.15) is 12.0 Å². The molecular formula is C19H17BrN2O2. The van der Waals surface area contributed by atoms with Crippen LogP contribution in [0.5, 0.6) is 0 Å². The van der Waals surface area contributed by atoms with Crippen molar-refractivity contribution < 1.29 is 9.59 Å². The van der Waals surface area contributed by atoms with E-state index in [-0.39, 0.29) is 24.2 Å². The van der Waals surface area contributed by atoms with Crippen molar-refractivity contribution >= 4 is 39.1 Å². The molecule has 1 atom stereocenters. The van der Waals surface area contributed by atoms with Crippen LogP contribution in [0, 0.1) is 5.92 Å². The third-order valence-corrected chi connectivity index (χ3v) is 5.44. The van der Waals surface area contributed by atoms with Gasteiger partial charge in [0.25, 0.3) is 0 Å². The Labute approximate surface area is 149 Å². The van der Waals surface area contributed by atoms with Crippen molar-refractivity contribution in [2.45, 2.75) is 12.8 Å². The molecule has 1 saturated heterocycles. The quantitative estimate of drug-likeness (QED) is 0.795. The predicted octanol–water partition coefficient (Wildman–Crippen LogP) is 3.39. The lowest BCUT2D eigenvalue weighted by molar-refractivity contribution is -0.124. The lowest BCUT2D eigenvalue weighted by Crippen LogP contribution is -2.36. The Morgan fingerprint density at radius 1 is 1.04 bits per heavy atom. The molecule has 2 aliphatic rings. The van der Waals surface area contributed by atoms with Gasteiger partial charge in [0, 0.05) is 29.7 Å². The van der Waals surface area contributed by atoms with E-state index in [0.29, 0.717) is 13.1 Å². The van der Waals surface area contributed by atoms with Gasteiger partial charge in [0.15, 0.2) is 0 Å². The van der Waals surface area contributed by atoms with Gasteiger partial charge in [-0.05, 0) is 46.1 Å². The van der Waals surface area contributed by atoms with Gasteiger partial charge in [-0.2, -0.15) is 0 Å².